The van der Waals surface area contributed by atoms with Crippen LogP contribution < -0.4 is 15.5 Å². The van der Waals surface area contributed by atoms with Gasteiger partial charge in [-0.05, 0) is 45.2 Å². The molecule has 3 heterocycles. The van der Waals surface area contributed by atoms with Gasteiger partial charge in [-0.3, -0.25) is 4.99 Å². The van der Waals surface area contributed by atoms with Gasteiger partial charge in [0.25, 0.3) is 0 Å². The largest absolute Gasteiger partial charge is 0.377 e. The summed E-state index contributed by atoms with van der Waals surface area (Å²) in [6.07, 6.45) is 3.76. The van der Waals surface area contributed by atoms with Gasteiger partial charge in [0.2, 0.25) is 0 Å². The summed E-state index contributed by atoms with van der Waals surface area (Å²) in [7, 11) is 0. The number of aromatic nitrogens is 1. The summed E-state index contributed by atoms with van der Waals surface area (Å²) in [5.41, 5.74) is 1.24. The summed E-state index contributed by atoms with van der Waals surface area (Å²) in [5, 5.41) is 7.45. The molecule has 0 aromatic carbocycles. The first-order valence-corrected chi connectivity index (χ1v) is 10.9. The second-order valence-corrected chi connectivity index (χ2v) is 9.05. The number of rotatable bonds is 4. The third-order valence-electron chi connectivity index (χ3n) is 6.74. The lowest BCUT2D eigenvalue weighted by Gasteiger charge is -2.55. The molecule has 1 aromatic rings. The van der Waals surface area contributed by atoms with Crippen molar-refractivity contribution in [2.75, 3.05) is 31.1 Å². The van der Waals surface area contributed by atoms with Crippen molar-refractivity contribution in [2.45, 2.75) is 65.1 Å². The number of ether oxygens (including phenoxy) is 1. The summed E-state index contributed by atoms with van der Waals surface area (Å²) in [6.45, 7) is 12.5. The molecule has 6 heteroatoms. The molecule has 3 fully saturated rings. The van der Waals surface area contributed by atoms with E-state index in [9.17, 15) is 0 Å². The Morgan fingerprint density at radius 2 is 2.04 bits per heavy atom. The van der Waals surface area contributed by atoms with Crippen LogP contribution in [-0.2, 0) is 4.74 Å². The molecule has 0 spiro atoms. The lowest BCUT2D eigenvalue weighted by Crippen LogP contribution is -2.68. The van der Waals surface area contributed by atoms with Crippen molar-refractivity contribution in [3.8, 4) is 0 Å². The first-order valence-electron chi connectivity index (χ1n) is 10.9. The number of pyridine rings is 1. The molecule has 28 heavy (non-hydrogen) atoms. The standard InChI is InChI=1S/C22H35N5O/c1-5-23-21(26-19-17-11-14-28-20(17)22(19,3)4)25-16-9-12-27(13-10-16)18-8-6-7-15(2)24-18/h6-8,16-17,19-20H,5,9-14H2,1-4H3,(H2,23,25,26). The van der Waals surface area contributed by atoms with Crippen molar-refractivity contribution in [3.63, 3.8) is 0 Å². The van der Waals surface area contributed by atoms with Gasteiger partial charge in [-0.1, -0.05) is 19.9 Å². The molecule has 3 atom stereocenters. The molecule has 0 amide bonds. The van der Waals surface area contributed by atoms with Crippen LogP contribution in [0.1, 0.15) is 45.7 Å². The number of aliphatic imine (C=N–C) groups is 1. The van der Waals surface area contributed by atoms with Crippen molar-refractivity contribution in [3.05, 3.63) is 23.9 Å². The third kappa shape index (κ3) is 3.71. The van der Waals surface area contributed by atoms with Crippen LogP contribution >= 0.6 is 0 Å². The molecular weight excluding hydrogens is 350 g/mol. The minimum Gasteiger partial charge on any atom is -0.377 e. The van der Waals surface area contributed by atoms with Crippen molar-refractivity contribution in [1.82, 2.24) is 15.6 Å². The fraction of sp³-hybridized carbons (Fsp3) is 0.727. The Bertz CT molecular complexity index is 711. The van der Waals surface area contributed by atoms with Crippen molar-refractivity contribution < 1.29 is 4.74 Å². The number of fused-ring (bicyclic) bond motifs is 1. The normalized spacial score (nSPS) is 29.9. The third-order valence-corrected chi connectivity index (χ3v) is 6.74. The number of nitrogens with one attached hydrogen (secondary N) is 2. The minimum atomic E-state index is 0.164. The van der Waals surface area contributed by atoms with E-state index in [0.717, 1.165) is 63.0 Å². The molecule has 1 aromatic heterocycles. The fourth-order valence-electron chi connectivity index (χ4n) is 5.21. The van der Waals surface area contributed by atoms with Crippen LogP contribution in [0.5, 0.6) is 0 Å². The van der Waals surface area contributed by atoms with Gasteiger partial charge in [0.05, 0.1) is 6.10 Å². The highest BCUT2D eigenvalue weighted by Crippen LogP contribution is 2.52. The summed E-state index contributed by atoms with van der Waals surface area (Å²) in [5.74, 6) is 2.69. The van der Waals surface area contributed by atoms with E-state index in [1.54, 1.807) is 0 Å². The number of anilines is 1. The molecule has 3 unspecified atom stereocenters. The maximum absolute atomic E-state index is 5.94. The quantitative estimate of drug-likeness (QED) is 0.616. The predicted molar refractivity (Wildman–Crippen MR) is 114 cm³/mol. The van der Waals surface area contributed by atoms with Crippen LogP contribution in [0.2, 0.25) is 0 Å². The zero-order chi connectivity index (χ0) is 19.7. The number of nitrogens with zero attached hydrogens (tertiary/aromatic N) is 3. The Balaban J connectivity index is 1.33. The zero-order valence-electron chi connectivity index (χ0n) is 17.7. The predicted octanol–water partition coefficient (Wildman–Crippen LogP) is 2.73. The molecule has 6 nitrogen and oxygen atoms in total. The number of hydrogen-bond donors (Lipinski definition) is 2. The van der Waals surface area contributed by atoms with E-state index < -0.39 is 0 Å². The van der Waals surface area contributed by atoms with E-state index in [2.05, 4.69) is 66.4 Å². The topological polar surface area (TPSA) is 61.8 Å². The second-order valence-electron chi connectivity index (χ2n) is 9.05. The molecular formula is C22H35N5O. The van der Waals surface area contributed by atoms with E-state index in [-0.39, 0.29) is 5.41 Å². The molecule has 0 radical (unpaired) electrons. The van der Waals surface area contributed by atoms with Crippen LogP contribution in [0.4, 0.5) is 5.82 Å². The lowest BCUT2D eigenvalue weighted by molar-refractivity contribution is -0.106. The first-order chi connectivity index (χ1) is 13.5. The molecule has 1 saturated carbocycles. The van der Waals surface area contributed by atoms with Gasteiger partial charge in [0.15, 0.2) is 5.96 Å². The average molecular weight is 386 g/mol. The van der Waals surface area contributed by atoms with Crippen LogP contribution in [-0.4, -0.2) is 55.4 Å². The molecule has 2 aliphatic heterocycles. The van der Waals surface area contributed by atoms with E-state index in [0.29, 0.717) is 24.1 Å². The number of hydrogen-bond acceptors (Lipinski definition) is 4. The van der Waals surface area contributed by atoms with Gasteiger partial charge >= 0.3 is 0 Å². The van der Waals surface area contributed by atoms with Gasteiger partial charge in [-0.25, -0.2) is 4.98 Å². The Hall–Kier alpha value is -1.82. The van der Waals surface area contributed by atoms with Gasteiger partial charge in [0.1, 0.15) is 5.82 Å². The lowest BCUT2D eigenvalue weighted by atomic mass is 9.57. The molecule has 2 N–H and O–H groups in total. The van der Waals surface area contributed by atoms with Crippen molar-refractivity contribution in [1.29, 1.82) is 0 Å². The highest BCUT2D eigenvalue weighted by atomic mass is 16.5. The molecule has 0 bridgehead atoms. The second kappa shape index (κ2) is 7.90. The minimum absolute atomic E-state index is 0.164. The van der Waals surface area contributed by atoms with Gasteiger partial charge < -0.3 is 20.3 Å². The SMILES string of the molecule is CCN=C(NC1CCN(c2cccc(C)n2)CC1)NC1C2CCOC2C1(C)C. The van der Waals surface area contributed by atoms with Gasteiger partial charge in [0, 0.05) is 55.4 Å². The summed E-state index contributed by atoms with van der Waals surface area (Å²) >= 11 is 0. The summed E-state index contributed by atoms with van der Waals surface area (Å²) < 4.78 is 5.94. The van der Waals surface area contributed by atoms with Crippen LogP contribution in [0.25, 0.3) is 0 Å². The smallest absolute Gasteiger partial charge is 0.191 e. The first kappa shape index (κ1) is 19.5. The van der Waals surface area contributed by atoms with Crippen molar-refractivity contribution >= 4 is 11.8 Å². The van der Waals surface area contributed by atoms with Crippen LogP contribution in [0.3, 0.4) is 0 Å². The van der Waals surface area contributed by atoms with E-state index in [4.69, 9.17) is 9.73 Å². The highest BCUT2D eigenvalue weighted by Gasteiger charge is 2.59. The molecule has 154 valence electrons. The Labute approximate surface area is 169 Å². The van der Waals surface area contributed by atoms with E-state index in [1.807, 2.05) is 0 Å². The maximum Gasteiger partial charge on any atom is 0.191 e. The number of aryl methyl sites for hydroxylation is 1. The monoisotopic (exact) mass is 385 g/mol. The molecule has 1 aliphatic carbocycles. The zero-order valence-corrected chi connectivity index (χ0v) is 17.7. The van der Waals surface area contributed by atoms with Crippen LogP contribution in [0, 0.1) is 18.3 Å². The summed E-state index contributed by atoms with van der Waals surface area (Å²) in [6, 6.07) is 7.16. The molecule has 2 saturated heterocycles. The van der Waals surface area contributed by atoms with Crippen LogP contribution in [0.15, 0.2) is 23.2 Å². The highest BCUT2D eigenvalue weighted by molar-refractivity contribution is 5.80. The van der Waals surface area contributed by atoms with Gasteiger partial charge in [-0.15, -0.1) is 0 Å². The van der Waals surface area contributed by atoms with E-state index >= 15 is 0 Å². The average Bonchev–Trinajstić information content (AvgIpc) is 3.14. The number of piperidine rings is 1. The Morgan fingerprint density at radius 3 is 2.75 bits per heavy atom. The Kier molecular flexibility index (Phi) is 5.50. The van der Waals surface area contributed by atoms with Gasteiger partial charge in [-0.2, -0.15) is 0 Å². The maximum atomic E-state index is 5.94. The molecule has 4 rings (SSSR count). The Morgan fingerprint density at radius 1 is 1.25 bits per heavy atom. The molecule has 3 aliphatic rings. The van der Waals surface area contributed by atoms with E-state index in [1.165, 1.54) is 0 Å². The van der Waals surface area contributed by atoms with Crippen molar-refractivity contribution in [2.24, 2.45) is 16.3 Å². The number of guanidine groups is 1. The fourth-order valence-corrected chi connectivity index (χ4v) is 5.21. The summed E-state index contributed by atoms with van der Waals surface area (Å²) in [4.78, 5) is 11.8.